The zero-order chi connectivity index (χ0) is 25.0. The first-order chi connectivity index (χ1) is 16.0. The van der Waals surface area contributed by atoms with E-state index in [1.54, 1.807) is 41.1 Å². The van der Waals surface area contributed by atoms with E-state index < -0.39 is 11.9 Å². The van der Waals surface area contributed by atoms with E-state index >= 15 is 0 Å². The highest BCUT2D eigenvalue weighted by atomic mass is 16.5. The summed E-state index contributed by atoms with van der Waals surface area (Å²) in [5.74, 6) is -0.596. The van der Waals surface area contributed by atoms with E-state index in [9.17, 15) is 19.2 Å². The molecule has 34 heavy (non-hydrogen) atoms. The van der Waals surface area contributed by atoms with Crippen LogP contribution >= 0.6 is 0 Å². The van der Waals surface area contributed by atoms with Gasteiger partial charge in [-0.15, -0.1) is 0 Å². The molecule has 0 aliphatic carbocycles. The molecule has 1 saturated heterocycles. The van der Waals surface area contributed by atoms with Crippen LogP contribution in [-0.4, -0.2) is 122 Å². The van der Waals surface area contributed by atoms with Gasteiger partial charge in [0.15, 0.2) is 0 Å². The molecule has 0 spiro atoms. The number of carbonyl (C=O) groups excluding carboxylic acids is 4. The number of hydrogen-bond acceptors (Lipinski definition) is 7. The van der Waals surface area contributed by atoms with E-state index in [-0.39, 0.29) is 56.0 Å². The predicted octanol–water partition coefficient (Wildman–Crippen LogP) is -1.42. The van der Waals surface area contributed by atoms with Gasteiger partial charge in [0.05, 0.1) is 19.1 Å². The van der Waals surface area contributed by atoms with Crippen molar-refractivity contribution in [1.82, 2.24) is 24.9 Å². The van der Waals surface area contributed by atoms with E-state index in [0.29, 0.717) is 24.3 Å². The van der Waals surface area contributed by atoms with Gasteiger partial charge in [0.2, 0.25) is 17.7 Å². The molecule has 0 radical (unpaired) electrons. The van der Waals surface area contributed by atoms with Crippen molar-refractivity contribution >= 4 is 23.6 Å². The van der Waals surface area contributed by atoms with Crippen LogP contribution in [0.25, 0.3) is 0 Å². The molecule has 2 aliphatic heterocycles. The molecule has 3 N–H and O–H groups in total. The van der Waals surface area contributed by atoms with Crippen molar-refractivity contribution < 1.29 is 23.9 Å². The van der Waals surface area contributed by atoms with Gasteiger partial charge >= 0.3 is 0 Å². The maximum Gasteiger partial charge on any atom is 0.253 e. The van der Waals surface area contributed by atoms with Gasteiger partial charge in [-0.3, -0.25) is 19.2 Å². The zero-order valence-electron chi connectivity index (χ0n) is 20.2. The first kappa shape index (κ1) is 25.4. The number of nitrogens with one attached hydrogen (secondary N) is 1. The molecule has 2 aliphatic rings. The van der Waals surface area contributed by atoms with Crippen molar-refractivity contribution in [3.63, 3.8) is 0 Å². The molecule has 1 aromatic carbocycles. The molecule has 0 aromatic heterocycles. The number of nitrogens with two attached hydrogens (primary N) is 1. The Hall–Kier alpha value is -3.18. The number of fused-ring (bicyclic) bond motifs is 3. The van der Waals surface area contributed by atoms with Gasteiger partial charge in [0.25, 0.3) is 5.91 Å². The fraction of sp³-hybridized carbons (Fsp3) is 0.565. The van der Waals surface area contributed by atoms with Crippen LogP contribution in [0.1, 0.15) is 16.8 Å². The Balaban J connectivity index is 1.84. The number of benzene rings is 1. The van der Waals surface area contributed by atoms with Gasteiger partial charge in [-0.2, -0.15) is 0 Å². The summed E-state index contributed by atoms with van der Waals surface area (Å²) >= 11 is 0. The summed E-state index contributed by atoms with van der Waals surface area (Å²) in [7, 11) is 6.71. The summed E-state index contributed by atoms with van der Waals surface area (Å²) in [6, 6.07) is 5.27. The monoisotopic (exact) mass is 474 g/mol. The molecule has 4 amide bonds. The van der Waals surface area contributed by atoms with E-state index in [0.717, 1.165) is 0 Å². The van der Waals surface area contributed by atoms with E-state index in [2.05, 4.69) is 5.32 Å². The third-order valence-corrected chi connectivity index (χ3v) is 5.97. The Morgan fingerprint density at radius 3 is 2.62 bits per heavy atom. The van der Waals surface area contributed by atoms with Crippen molar-refractivity contribution in [2.45, 2.75) is 24.5 Å². The van der Waals surface area contributed by atoms with E-state index in [1.807, 2.05) is 14.1 Å². The molecule has 11 nitrogen and oxygen atoms in total. The summed E-state index contributed by atoms with van der Waals surface area (Å²) in [5.41, 5.74) is 6.48. The quantitative estimate of drug-likeness (QED) is 0.550. The molecule has 186 valence electrons. The fourth-order valence-electron chi connectivity index (χ4n) is 4.29. The van der Waals surface area contributed by atoms with Gasteiger partial charge in [-0.1, -0.05) is 6.07 Å². The van der Waals surface area contributed by atoms with Crippen LogP contribution in [0.5, 0.6) is 5.75 Å². The molecular formula is C23H34N6O5. The Kier molecular flexibility index (Phi) is 8.11. The Labute approximate surface area is 199 Å². The smallest absolute Gasteiger partial charge is 0.253 e. The highest BCUT2D eigenvalue weighted by molar-refractivity contribution is 5.95. The first-order valence-electron chi connectivity index (χ1n) is 11.3. The van der Waals surface area contributed by atoms with Crippen LogP contribution in [0, 0.1) is 0 Å². The SMILES string of the molecule is CN(C)CC(=O)N[C@@H]1C[C@H]2COc3cccc(c3)C(=O)N(C)C[C@H](N)C(=O)N(C)CC(=O)N2C1. The third-order valence-electron chi connectivity index (χ3n) is 5.97. The minimum Gasteiger partial charge on any atom is -0.491 e. The number of hydrogen-bond donors (Lipinski definition) is 2. The molecule has 11 heteroatoms. The topological polar surface area (TPSA) is 129 Å². The Morgan fingerprint density at radius 2 is 1.91 bits per heavy atom. The second-order valence-electron chi connectivity index (χ2n) is 9.26. The van der Waals surface area contributed by atoms with E-state index in [4.69, 9.17) is 10.5 Å². The average Bonchev–Trinajstić information content (AvgIpc) is 3.17. The number of carbonyl (C=O) groups is 4. The van der Waals surface area contributed by atoms with Crippen LogP contribution < -0.4 is 15.8 Å². The molecule has 1 aromatic rings. The molecule has 0 saturated carbocycles. The highest BCUT2D eigenvalue weighted by Crippen LogP contribution is 2.22. The second-order valence-corrected chi connectivity index (χ2v) is 9.26. The lowest BCUT2D eigenvalue weighted by atomic mass is 10.1. The van der Waals surface area contributed by atoms with Crippen LogP contribution in [0.4, 0.5) is 0 Å². The second kappa shape index (κ2) is 10.8. The molecule has 2 bridgehead atoms. The fourth-order valence-corrected chi connectivity index (χ4v) is 4.29. The molecule has 0 unspecified atom stereocenters. The third kappa shape index (κ3) is 6.23. The molecule has 1 fully saturated rings. The van der Waals surface area contributed by atoms with Crippen LogP contribution in [-0.2, 0) is 14.4 Å². The summed E-state index contributed by atoms with van der Waals surface area (Å²) in [6.07, 6.45) is 0.517. The molecular weight excluding hydrogens is 440 g/mol. The summed E-state index contributed by atoms with van der Waals surface area (Å²) < 4.78 is 5.96. The van der Waals surface area contributed by atoms with Crippen LogP contribution in [0.15, 0.2) is 24.3 Å². The van der Waals surface area contributed by atoms with E-state index in [1.165, 1.54) is 16.8 Å². The highest BCUT2D eigenvalue weighted by Gasteiger charge is 2.37. The lowest BCUT2D eigenvalue weighted by Gasteiger charge is -2.28. The summed E-state index contributed by atoms with van der Waals surface area (Å²) in [5, 5.41) is 2.97. The maximum absolute atomic E-state index is 13.1. The number of ether oxygens (including phenoxy) is 1. The van der Waals surface area contributed by atoms with Gasteiger partial charge in [0, 0.05) is 38.8 Å². The van der Waals surface area contributed by atoms with Crippen molar-refractivity contribution in [2.75, 3.05) is 61.0 Å². The van der Waals surface area contributed by atoms with Crippen molar-refractivity contribution in [3.8, 4) is 5.75 Å². The largest absolute Gasteiger partial charge is 0.491 e. The van der Waals surface area contributed by atoms with Crippen LogP contribution in [0.2, 0.25) is 0 Å². The molecule has 3 atom stereocenters. The number of rotatable bonds is 3. The van der Waals surface area contributed by atoms with Crippen molar-refractivity contribution in [2.24, 2.45) is 5.73 Å². The summed E-state index contributed by atoms with van der Waals surface area (Å²) in [4.78, 5) is 57.1. The number of nitrogens with zero attached hydrogens (tertiary/aromatic N) is 4. The number of likely N-dealkylation sites (N-methyl/N-ethyl adjacent to an activating group) is 3. The Morgan fingerprint density at radius 1 is 1.18 bits per heavy atom. The first-order valence-corrected chi connectivity index (χ1v) is 11.3. The minimum absolute atomic E-state index is 0.00754. The maximum atomic E-state index is 13.1. The zero-order valence-corrected chi connectivity index (χ0v) is 20.2. The average molecular weight is 475 g/mol. The van der Waals surface area contributed by atoms with Gasteiger partial charge in [-0.05, 0) is 38.7 Å². The predicted molar refractivity (Wildman–Crippen MR) is 125 cm³/mol. The summed E-state index contributed by atoms with van der Waals surface area (Å²) in [6.45, 7) is 0.605. The van der Waals surface area contributed by atoms with Gasteiger partial charge in [-0.25, -0.2) is 0 Å². The molecule has 3 rings (SSSR count). The number of amides is 4. The normalized spacial score (nSPS) is 24.5. The molecule has 2 heterocycles. The van der Waals surface area contributed by atoms with Crippen molar-refractivity contribution in [1.29, 1.82) is 0 Å². The van der Waals surface area contributed by atoms with Gasteiger partial charge < -0.3 is 35.4 Å². The standard InChI is InChI=1S/C23H34N6O5/c1-26(2)12-20(30)25-16-9-17-14-34-18-7-5-6-15(8-18)22(32)27(3)11-19(24)23(33)28(4)13-21(31)29(17)10-16/h5-8,16-17,19H,9-14,24H2,1-4H3,(H,25,30)/t16-,17+,19+/m1/s1. The van der Waals surface area contributed by atoms with Crippen molar-refractivity contribution in [3.05, 3.63) is 29.8 Å². The lowest BCUT2D eigenvalue weighted by Crippen LogP contribution is -2.52. The minimum atomic E-state index is -0.969. The Bertz CT molecular complexity index is 938. The van der Waals surface area contributed by atoms with Crippen LogP contribution in [0.3, 0.4) is 0 Å². The lowest BCUT2D eigenvalue weighted by molar-refractivity contribution is -0.141. The van der Waals surface area contributed by atoms with Gasteiger partial charge in [0.1, 0.15) is 18.4 Å².